The van der Waals surface area contributed by atoms with Crippen molar-refractivity contribution >= 4 is 17.3 Å². The number of amides is 1. The molecule has 1 fully saturated rings. The third kappa shape index (κ3) is 5.75. The molecule has 2 aromatic carbocycles. The number of anilines is 2. The third-order valence-electron chi connectivity index (χ3n) is 5.36. The Morgan fingerprint density at radius 3 is 2.44 bits per heavy atom. The molecule has 8 heteroatoms. The first-order chi connectivity index (χ1) is 15.5. The van der Waals surface area contributed by atoms with E-state index in [1.165, 1.54) is 6.07 Å². The molecule has 166 valence electrons. The van der Waals surface area contributed by atoms with Crippen molar-refractivity contribution in [1.82, 2.24) is 4.90 Å². The van der Waals surface area contributed by atoms with Crippen LogP contribution in [0.5, 0.6) is 5.75 Å². The minimum absolute atomic E-state index is 0.0811. The first-order valence-electron chi connectivity index (χ1n) is 10.6. The molecule has 2 aromatic rings. The van der Waals surface area contributed by atoms with Gasteiger partial charge in [-0.05, 0) is 49.4 Å². The van der Waals surface area contributed by atoms with Gasteiger partial charge in [-0.15, -0.1) is 0 Å². The van der Waals surface area contributed by atoms with Crippen molar-refractivity contribution in [2.75, 3.05) is 55.7 Å². The zero-order valence-electron chi connectivity index (χ0n) is 18.1. The van der Waals surface area contributed by atoms with Crippen LogP contribution in [0.25, 0.3) is 0 Å². The van der Waals surface area contributed by atoms with Crippen molar-refractivity contribution in [3.05, 3.63) is 53.8 Å². The Balaban J connectivity index is 1.61. The Morgan fingerprint density at radius 2 is 1.84 bits per heavy atom. The monoisotopic (exact) mass is 435 g/mol. The lowest BCUT2D eigenvalue weighted by molar-refractivity contribution is -0.119. The summed E-state index contributed by atoms with van der Waals surface area (Å²) in [6, 6.07) is 15.8. The maximum Gasteiger partial charge on any atom is 0.241 e. The zero-order valence-corrected chi connectivity index (χ0v) is 18.1. The summed E-state index contributed by atoms with van der Waals surface area (Å²) in [6.45, 7) is 5.40. The smallest absolute Gasteiger partial charge is 0.241 e. The number of carbonyl (C=O) groups is 1. The number of rotatable bonds is 8. The zero-order chi connectivity index (χ0) is 22.9. The van der Waals surface area contributed by atoms with Gasteiger partial charge in [-0.2, -0.15) is 10.5 Å². The van der Waals surface area contributed by atoms with Crippen molar-refractivity contribution in [3.8, 4) is 17.9 Å². The summed E-state index contributed by atoms with van der Waals surface area (Å²) in [4.78, 5) is 18.6. The summed E-state index contributed by atoms with van der Waals surface area (Å²) in [5, 5.41) is 17.9. The van der Waals surface area contributed by atoms with Gasteiger partial charge in [0.05, 0.1) is 43.0 Å². The SMILES string of the molecule is CCOc1ccc(N(CCC#N)C(=O)CN2CCN(c3ccc(C#N)cc3F)CC2)cc1. The molecule has 1 aliphatic heterocycles. The molecular weight excluding hydrogens is 409 g/mol. The number of hydrogen-bond acceptors (Lipinski definition) is 6. The van der Waals surface area contributed by atoms with Gasteiger partial charge in [-0.25, -0.2) is 4.39 Å². The molecule has 7 nitrogen and oxygen atoms in total. The number of hydrogen-bond donors (Lipinski definition) is 0. The number of carbonyl (C=O) groups excluding carboxylic acids is 1. The minimum atomic E-state index is -0.410. The highest BCUT2D eigenvalue weighted by molar-refractivity contribution is 5.94. The Kier molecular flexibility index (Phi) is 8.02. The summed E-state index contributed by atoms with van der Waals surface area (Å²) >= 11 is 0. The van der Waals surface area contributed by atoms with Crippen LogP contribution < -0.4 is 14.5 Å². The Bertz CT molecular complexity index is 1000. The molecule has 3 rings (SSSR count). The molecule has 1 aliphatic rings. The summed E-state index contributed by atoms with van der Waals surface area (Å²) in [6.07, 6.45) is 0.241. The highest BCUT2D eigenvalue weighted by Crippen LogP contribution is 2.23. The van der Waals surface area contributed by atoms with Gasteiger partial charge >= 0.3 is 0 Å². The quantitative estimate of drug-likeness (QED) is 0.633. The second-order valence-corrected chi connectivity index (χ2v) is 7.42. The molecule has 0 radical (unpaired) electrons. The molecule has 0 aromatic heterocycles. The van der Waals surface area contributed by atoms with Crippen LogP contribution >= 0.6 is 0 Å². The van der Waals surface area contributed by atoms with Gasteiger partial charge in [0.1, 0.15) is 11.6 Å². The van der Waals surface area contributed by atoms with Crippen molar-refractivity contribution < 1.29 is 13.9 Å². The fraction of sp³-hybridized carbons (Fsp3) is 0.375. The molecule has 0 unspecified atom stereocenters. The predicted octanol–water partition coefficient (Wildman–Crippen LogP) is 3.16. The Hall–Kier alpha value is -3.62. The molecule has 0 aliphatic carbocycles. The normalized spacial score (nSPS) is 13.8. The van der Waals surface area contributed by atoms with Crippen LogP contribution in [-0.4, -0.2) is 56.7 Å². The van der Waals surface area contributed by atoms with Gasteiger partial charge in [0, 0.05) is 38.4 Å². The van der Waals surface area contributed by atoms with E-state index < -0.39 is 5.82 Å². The molecule has 0 N–H and O–H groups in total. The van der Waals surface area contributed by atoms with Crippen molar-refractivity contribution in [2.24, 2.45) is 0 Å². The number of benzene rings is 2. The maximum absolute atomic E-state index is 14.3. The molecule has 32 heavy (non-hydrogen) atoms. The first-order valence-corrected chi connectivity index (χ1v) is 10.6. The highest BCUT2D eigenvalue weighted by atomic mass is 19.1. The van der Waals surface area contributed by atoms with E-state index >= 15 is 0 Å². The van der Waals surface area contributed by atoms with Crippen LogP contribution in [0.1, 0.15) is 18.9 Å². The predicted molar refractivity (Wildman–Crippen MR) is 120 cm³/mol. The lowest BCUT2D eigenvalue weighted by atomic mass is 10.2. The molecule has 0 atom stereocenters. The fourth-order valence-electron chi connectivity index (χ4n) is 3.71. The van der Waals surface area contributed by atoms with E-state index in [1.807, 2.05) is 47.1 Å². The van der Waals surface area contributed by atoms with Crippen LogP contribution in [0.3, 0.4) is 0 Å². The average molecular weight is 436 g/mol. The summed E-state index contributed by atoms with van der Waals surface area (Å²) in [7, 11) is 0. The van der Waals surface area contributed by atoms with E-state index in [9.17, 15) is 9.18 Å². The van der Waals surface area contributed by atoms with Gasteiger partial charge in [0.2, 0.25) is 5.91 Å². The number of halogens is 1. The molecule has 0 spiro atoms. The first kappa shape index (κ1) is 23.1. The molecule has 0 bridgehead atoms. The number of nitrogens with zero attached hydrogens (tertiary/aromatic N) is 5. The van der Waals surface area contributed by atoms with Gasteiger partial charge in [0.15, 0.2) is 0 Å². The fourth-order valence-corrected chi connectivity index (χ4v) is 3.71. The second kappa shape index (κ2) is 11.1. The van der Waals surface area contributed by atoms with E-state index in [1.54, 1.807) is 17.0 Å². The topological polar surface area (TPSA) is 83.6 Å². The molecule has 1 saturated heterocycles. The van der Waals surface area contributed by atoms with E-state index in [0.717, 1.165) is 11.4 Å². The van der Waals surface area contributed by atoms with Crippen LogP contribution in [0, 0.1) is 28.5 Å². The van der Waals surface area contributed by atoms with Crippen LogP contribution in [0.2, 0.25) is 0 Å². The molecular formula is C24H26FN5O2. The number of nitriles is 2. The largest absolute Gasteiger partial charge is 0.494 e. The third-order valence-corrected chi connectivity index (χ3v) is 5.36. The van der Waals surface area contributed by atoms with E-state index in [0.29, 0.717) is 50.6 Å². The maximum atomic E-state index is 14.3. The lowest BCUT2D eigenvalue weighted by Crippen LogP contribution is -2.50. The molecule has 1 amide bonds. The van der Waals surface area contributed by atoms with E-state index in [2.05, 4.69) is 6.07 Å². The summed E-state index contributed by atoms with van der Waals surface area (Å²) in [5.41, 5.74) is 1.49. The number of ether oxygens (including phenoxy) is 1. The Labute approximate surface area is 187 Å². The standard InChI is InChI=1S/C24H26FN5O2/c1-2-32-21-7-5-20(6-8-21)30(11-3-10-26)24(31)18-28-12-14-29(15-13-28)23-9-4-19(17-27)16-22(23)25/h4-9,16H,2-3,11-15,18H2,1H3. The highest BCUT2D eigenvalue weighted by Gasteiger charge is 2.24. The molecule has 0 saturated carbocycles. The van der Waals surface area contributed by atoms with E-state index in [-0.39, 0.29) is 18.9 Å². The molecule has 1 heterocycles. The van der Waals surface area contributed by atoms with Gasteiger partial charge in [-0.3, -0.25) is 9.69 Å². The lowest BCUT2D eigenvalue weighted by Gasteiger charge is -2.36. The second-order valence-electron chi connectivity index (χ2n) is 7.42. The minimum Gasteiger partial charge on any atom is -0.494 e. The van der Waals surface area contributed by atoms with Gasteiger partial charge in [-0.1, -0.05) is 0 Å². The van der Waals surface area contributed by atoms with Crippen molar-refractivity contribution in [3.63, 3.8) is 0 Å². The average Bonchev–Trinajstić information content (AvgIpc) is 2.81. The number of piperazine rings is 1. The van der Waals surface area contributed by atoms with E-state index in [4.69, 9.17) is 15.3 Å². The van der Waals surface area contributed by atoms with Crippen molar-refractivity contribution in [1.29, 1.82) is 10.5 Å². The van der Waals surface area contributed by atoms with Gasteiger partial charge in [0.25, 0.3) is 0 Å². The van der Waals surface area contributed by atoms with Crippen molar-refractivity contribution in [2.45, 2.75) is 13.3 Å². The van der Waals surface area contributed by atoms with Crippen LogP contribution in [0.15, 0.2) is 42.5 Å². The van der Waals surface area contributed by atoms with Crippen LogP contribution in [0.4, 0.5) is 15.8 Å². The van der Waals surface area contributed by atoms with Gasteiger partial charge < -0.3 is 14.5 Å². The summed E-state index contributed by atoms with van der Waals surface area (Å²) in [5.74, 6) is 0.240. The van der Waals surface area contributed by atoms with Crippen LogP contribution in [-0.2, 0) is 4.79 Å². The Morgan fingerprint density at radius 1 is 1.12 bits per heavy atom. The summed E-state index contributed by atoms with van der Waals surface area (Å²) < 4.78 is 19.8.